The smallest absolute Gasteiger partial charge is 0.170 e. The van der Waals surface area contributed by atoms with Gasteiger partial charge in [0.05, 0.1) is 5.52 Å². The molecule has 0 bridgehead atoms. The van der Waals surface area contributed by atoms with E-state index in [2.05, 4.69) is 18.9 Å². The third-order valence-electron chi connectivity index (χ3n) is 2.96. The third kappa shape index (κ3) is 1.90. The highest BCUT2D eigenvalue weighted by molar-refractivity contribution is 5.95. The highest BCUT2D eigenvalue weighted by Crippen LogP contribution is 2.18. The van der Waals surface area contributed by atoms with Crippen LogP contribution in [0.3, 0.4) is 0 Å². The van der Waals surface area contributed by atoms with Gasteiger partial charge in [0.1, 0.15) is 5.69 Å². The van der Waals surface area contributed by atoms with E-state index in [0.29, 0.717) is 5.69 Å². The second-order valence-electron chi connectivity index (χ2n) is 4.05. The first-order chi connectivity index (χ1) is 8.21. The third-order valence-corrected chi connectivity index (χ3v) is 2.96. The van der Waals surface area contributed by atoms with Crippen LogP contribution in [0, 0.1) is 6.92 Å². The number of hydrogen-bond donors (Lipinski definition) is 0. The molecule has 2 aromatic rings. The molecular weight excluding hydrogens is 214 g/mol. The van der Waals surface area contributed by atoms with Crippen LogP contribution >= 0.6 is 0 Å². The van der Waals surface area contributed by atoms with E-state index in [1.165, 1.54) is 0 Å². The number of nitrogens with zero attached hydrogens (tertiary/aromatic N) is 3. The number of fused-ring (bicyclic) bond motifs is 1. The van der Waals surface area contributed by atoms with Crippen LogP contribution in [0.2, 0.25) is 0 Å². The second-order valence-corrected chi connectivity index (χ2v) is 4.05. The summed E-state index contributed by atoms with van der Waals surface area (Å²) in [6, 6.07) is 5.97. The zero-order chi connectivity index (χ0) is 12.4. The lowest BCUT2D eigenvalue weighted by molar-refractivity contribution is 0.111. The molecular formula is C13H17N3O. The molecule has 0 radical (unpaired) electrons. The van der Waals surface area contributed by atoms with Gasteiger partial charge in [-0.3, -0.25) is 9.80 Å². The number of carbonyl (C=O) groups is 1. The van der Waals surface area contributed by atoms with Crippen molar-refractivity contribution in [1.29, 1.82) is 0 Å². The fourth-order valence-electron chi connectivity index (χ4n) is 2.02. The zero-order valence-electron chi connectivity index (χ0n) is 10.5. The summed E-state index contributed by atoms with van der Waals surface area (Å²) >= 11 is 0. The molecule has 1 heterocycles. The number of aryl methyl sites for hydroxylation is 1. The summed E-state index contributed by atoms with van der Waals surface area (Å²) in [6.07, 6.45) is 0.882. The van der Waals surface area contributed by atoms with Crippen LogP contribution in [0.25, 0.3) is 10.9 Å². The van der Waals surface area contributed by atoms with Crippen LogP contribution in [0.15, 0.2) is 18.2 Å². The van der Waals surface area contributed by atoms with Gasteiger partial charge in [0.25, 0.3) is 0 Å². The highest BCUT2D eigenvalue weighted by atomic mass is 16.1. The number of carbonyl (C=O) groups excluding carboxylic acids is 1. The summed E-state index contributed by atoms with van der Waals surface area (Å²) in [5.41, 5.74) is 2.64. The molecule has 90 valence electrons. The number of aromatic nitrogens is 2. The highest BCUT2D eigenvalue weighted by Gasteiger charge is 2.13. The van der Waals surface area contributed by atoms with Crippen molar-refractivity contribution in [2.24, 2.45) is 0 Å². The molecule has 0 aliphatic rings. The van der Waals surface area contributed by atoms with E-state index < -0.39 is 0 Å². The normalized spacial score (nSPS) is 10.8. The molecule has 0 aliphatic heterocycles. The minimum Gasteiger partial charge on any atom is -0.297 e. The second kappa shape index (κ2) is 4.57. The molecule has 0 spiro atoms. The summed E-state index contributed by atoms with van der Waals surface area (Å²) in [7, 11) is 0. The maximum Gasteiger partial charge on any atom is 0.170 e. The van der Waals surface area contributed by atoms with E-state index in [0.717, 1.165) is 35.8 Å². The standard InChI is InChI=1S/C13H17N3O/c1-4-15(5-2)16-13(9-17)11-8-10(3)6-7-12(11)14-16/h6-9H,4-5H2,1-3H3. The number of benzene rings is 1. The fraction of sp³-hybridized carbons (Fsp3) is 0.385. The van der Waals surface area contributed by atoms with E-state index in [1.54, 1.807) is 4.79 Å². The molecule has 4 nitrogen and oxygen atoms in total. The molecule has 0 atom stereocenters. The van der Waals surface area contributed by atoms with Gasteiger partial charge in [0, 0.05) is 18.5 Å². The first kappa shape index (κ1) is 11.6. The van der Waals surface area contributed by atoms with Gasteiger partial charge in [0.2, 0.25) is 0 Å². The van der Waals surface area contributed by atoms with Gasteiger partial charge >= 0.3 is 0 Å². The first-order valence-electron chi connectivity index (χ1n) is 5.91. The largest absolute Gasteiger partial charge is 0.297 e. The maximum atomic E-state index is 11.3. The quantitative estimate of drug-likeness (QED) is 0.757. The van der Waals surface area contributed by atoms with Gasteiger partial charge in [-0.2, -0.15) is 9.89 Å². The van der Waals surface area contributed by atoms with Crippen LogP contribution in [-0.4, -0.2) is 29.3 Å². The number of rotatable bonds is 4. The molecule has 0 N–H and O–H groups in total. The SMILES string of the molecule is CCN(CC)n1nc2ccc(C)cc2c1C=O. The molecule has 0 saturated heterocycles. The molecule has 0 fully saturated rings. The van der Waals surface area contributed by atoms with Crippen LogP contribution < -0.4 is 5.01 Å². The molecule has 4 heteroatoms. The minimum absolute atomic E-state index is 0.632. The van der Waals surface area contributed by atoms with E-state index in [1.807, 2.05) is 30.1 Å². The molecule has 2 rings (SSSR count). The molecule has 0 saturated carbocycles. The minimum atomic E-state index is 0.632. The number of hydrogen-bond acceptors (Lipinski definition) is 3. The van der Waals surface area contributed by atoms with Gasteiger partial charge in [-0.15, -0.1) is 0 Å². The lowest BCUT2D eigenvalue weighted by atomic mass is 10.1. The first-order valence-corrected chi connectivity index (χ1v) is 5.91. The predicted molar refractivity (Wildman–Crippen MR) is 69.2 cm³/mol. The Labute approximate surface area is 101 Å². The monoisotopic (exact) mass is 231 g/mol. The summed E-state index contributed by atoms with van der Waals surface area (Å²) in [6.45, 7) is 7.77. The van der Waals surface area contributed by atoms with E-state index >= 15 is 0 Å². The van der Waals surface area contributed by atoms with E-state index in [-0.39, 0.29) is 0 Å². The van der Waals surface area contributed by atoms with Crippen LogP contribution in [0.4, 0.5) is 0 Å². The van der Waals surface area contributed by atoms with E-state index in [4.69, 9.17) is 0 Å². The lowest BCUT2D eigenvalue weighted by Gasteiger charge is -2.21. The summed E-state index contributed by atoms with van der Waals surface area (Å²) < 4.78 is 0. The van der Waals surface area contributed by atoms with Gasteiger partial charge in [-0.25, -0.2) is 0 Å². The van der Waals surface area contributed by atoms with Crippen molar-refractivity contribution >= 4 is 17.2 Å². The van der Waals surface area contributed by atoms with Gasteiger partial charge < -0.3 is 0 Å². The lowest BCUT2D eigenvalue weighted by Crippen LogP contribution is -2.36. The summed E-state index contributed by atoms with van der Waals surface area (Å²) in [4.78, 5) is 13.0. The van der Waals surface area contributed by atoms with E-state index in [9.17, 15) is 4.79 Å². The summed E-state index contributed by atoms with van der Waals surface area (Å²) in [5, 5.41) is 7.43. The van der Waals surface area contributed by atoms with Crippen molar-refractivity contribution < 1.29 is 4.79 Å². The molecule has 17 heavy (non-hydrogen) atoms. The Balaban J connectivity index is 2.67. The van der Waals surface area contributed by atoms with Crippen LogP contribution in [0.5, 0.6) is 0 Å². The van der Waals surface area contributed by atoms with Crippen molar-refractivity contribution in [2.45, 2.75) is 20.8 Å². The average molecular weight is 231 g/mol. The van der Waals surface area contributed by atoms with Crippen LogP contribution in [0.1, 0.15) is 29.9 Å². The Morgan fingerprint density at radius 3 is 2.65 bits per heavy atom. The van der Waals surface area contributed by atoms with Crippen molar-refractivity contribution in [3.8, 4) is 0 Å². The van der Waals surface area contributed by atoms with Crippen molar-refractivity contribution in [2.75, 3.05) is 18.1 Å². The molecule has 1 aromatic carbocycles. The predicted octanol–water partition coefficient (Wildman–Crippen LogP) is 2.14. The Hall–Kier alpha value is -1.84. The van der Waals surface area contributed by atoms with Gasteiger partial charge in [-0.05, 0) is 32.9 Å². The number of aldehydes is 1. The maximum absolute atomic E-state index is 11.3. The summed E-state index contributed by atoms with van der Waals surface area (Å²) in [5.74, 6) is 0. The van der Waals surface area contributed by atoms with Gasteiger partial charge in [-0.1, -0.05) is 11.6 Å². The topological polar surface area (TPSA) is 38.1 Å². The Bertz CT molecular complexity index is 541. The Morgan fingerprint density at radius 1 is 1.35 bits per heavy atom. The fourth-order valence-corrected chi connectivity index (χ4v) is 2.02. The molecule has 0 unspecified atom stereocenters. The molecule has 1 aromatic heterocycles. The van der Waals surface area contributed by atoms with Gasteiger partial charge in [0.15, 0.2) is 6.29 Å². The Morgan fingerprint density at radius 2 is 2.06 bits per heavy atom. The Kier molecular flexibility index (Phi) is 3.13. The molecule has 0 amide bonds. The zero-order valence-corrected chi connectivity index (χ0v) is 10.5. The van der Waals surface area contributed by atoms with Crippen LogP contribution in [-0.2, 0) is 0 Å². The van der Waals surface area contributed by atoms with Crippen molar-refractivity contribution in [1.82, 2.24) is 9.89 Å². The average Bonchev–Trinajstić information content (AvgIpc) is 2.68. The van der Waals surface area contributed by atoms with Crippen molar-refractivity contribution in [3.63, 3.8) is 0 Å². The molecule has 0 aliphatic carbocycles. The van der Waals surface area contributed by atoms with Crippen molar-refractivity contribution in [3.05, 3.63) is 29.5 Å².